The van der Waals surface area contributed by atoms with Crippen LogP contribution in [0.15, 0.2) is 0 Å². The summed E-state index contributed by atoms with van der Waals surface area (Å²) >= 11 is 0. The zero-order valence-corrected chi connectivity index (χ0v) is 8.73. The van der Waals surface area contributed by atoms with Crippen LogP contribution in [0.3, 0.4) is 0 Å². The molecule has 70 valence electrons. The standard InChI is InChI=1S/C10H21BO/c1-4-10(2,3)12-11-8-6-5-7-9-11/h4-9H2,1-3H3. The summed E-state index contributed by atoms with van der Waals surface area (Å²) in [6.07, 6.45) is 7.82. The van der Waals surface area contributed by atoms with Crippen LogP contribution in [0.2, 0.25) is 12.6 Å². The molecule has 0 aromatic carbocycles. The van der Waals surface area contributed by atoms with Gasteiger partial charge in [0.1, 0.15) is 0 Å². The molecule has 0 bridgehead atoms. The van der Waals surface area contributed by atoms with Gasteiger partial charge in [0.05, 0.1) is 0 Å². The molecule has 0 atom stereocenters. The van der Waals surface area contributed by atoms with Crippen LogP contribution in [0, 0.1) is 0 Å². The Morgan fingerprint density at radius 2 is 1.75 bits per heavy atom. The van der Waals surface area contributed by atoms with Crippen molar-refractivity contribution in [1.82, 2.24) is 0 Å². The first kappa shape index (κ1) is 10.1. The molecule has 0 saturated carbocycles. The Hall–Kier alpha value is 0.0249. The van der Waals surface area contributed by atoms with E-state index in [9.17, 15) is 0 Å². The minimum atomic E-state index is 0.0992. The van der Waals surface area contributed by atoms with Crippen molar-refractivity contribution in [2.24, 2.45) is 0 Å². The summed E-state index contributed by atoms with van der Waals surface area (Å²) in [5.74, 6) is 0. The lowest BCUT2D eigenvalue weighted by Crippen LogP contribution is -2.33. The van der Waals surface area contributed by atoms with Crippen molar-refractivity contribution in [2.75, 3.05) is 0 Å². The lowest BCUT2D eigenvalue weighted by molar-refractivity contribution is 0.1000. The second-order valence-corrected chi connectivity index (χ2v) is 4.49. The van der Waals surface area contributed by atoms with E-state index < -0.39 is 0 Å². The van der Waals surface area contributed by atoms with Gasteiger partial charge in [0, 0.05) is 5.60 Å². The first-order valence-corrected chi connectivity index (χ1v) is 5.32. The Kier molecular flexibility index (Phi) is 3.63. The second-order valence-electron chi connectivity index (χ2n) is 4.49. The molecule has 0 aromatic heterocycles. The fourth-order valence-electron chi connectivity index (χ4n) is 1.72. The summed E-state index contributed by atoms with van der Waals surface area (Å²) in [6.45, 7) is 7.14. The lowest BCUT2D eigenvalue weighted by Gasteiger charge is -2.30. The predicted molar refractivity (Wildman–Crippen MR) is 54.7 cm³/mol. The van der Waals surface area contributed by atoms with Crippen molar-refractivity contribution in [3.05, 3.63) is 0 Å². The average Bonchev–Trinajstić information content (AvgIpc) is 2.06. The number of hydrogen-bond acceptors (Lipinski definition) is 1. The summed E-state index contributed by atoms with van der Waals surface area (Å²) in [5, 5.41) is 0. The van der Waals surface area contributed by atoms with Gasteiger partial charge in [-0.2, -0.15) is 0 Å². The molecule has 0 unspecified atom stereocenters. The Morgan fingerprint density at radius 3 is 2.25 bits per heavy atom. The van der Waals surface area contributed by atoms with E-state index in [1.165, 1.54) is 31.9 Å². The van der Waals surface area contributed by atoms with Gasteiger partial charge in [0.2, 0.25) is 0 Å². The van der Waals surface area contributed by atoms with E-state index in [4.69, 9.17) is 4.65 Å². The smallest absolute Gasteiger partial charge is 0.293 e. The number of rotatable bonds is 3. The van der Waals surface area contributed by atoms with Gasteiger partial charge < -0.3 is 4.65 Å². The van der Waals surface area contributed by atoms with Crippen LogP contribution in [0.4, 0.5) is 0 Å². The largest absolute Gasteiger partial charge is 0.431 e. The average molecular weight is 168 g/mol. The highest BCUT2D eigenvalue weighted by atomic mass is 16.5. The topological polar surface area (TPSA) is 9.23 Å². The first-order chi connectivity index (χ1) is 5.64. The quantitative estimate of drug-likeness (QED) is 0.587. The van der Waals surface area contributed by atoms with Gasteiger partial charge in [-0.15, -0.1) is 0 Å². The van der Waals surface area contributed by atoms with E-state index >= 15 is 0 Å². The molecular formula is C10H21BO. The van der Waals surface area contributed by atoms with Crippen LogP contribution in [0.5, 0.6) is 0 Å². The van der Waals surface area contributed by atoms with E-state index in [1.807, 2.05) is 0 Å². The van der Waals surface area contributed by atoms with Crippen molar-refractivity contribution in [3.63, 3.8) is 0 Å². The molecule has 12 heavy (non-hydrogen) atoms. The fourth-order valence-corrected chi connectivity index (χ4v) is 1.72. The normalized spacial score (nSPS) is 19.8. The maximum Gasteiger partial charge on any atom is 0.293 e. The minimum absolute atomic E-state index is 0.0992. The van der Waals surface area contributed by atoms with E-state index in [-0.39, 0.29) is 5.60 Å². The summed E-state index contributed by atoms with van der Waals surface area (Å²) in [6, 6.07) is 0. The molecule has 1 fully saturated rings. The Labute approximate surface area is 77.0 Å². The van der Waals surface area contributed by atoms with Gasteiger partial charge in [-0.25, -0.2) is 0 Å². The van der Waals surface area contributed by atoms with Crippen molar-refractivity contribution in [1.29, 1.82) is 0 Å². The highest BCUT2D eigenvalue weighted by Crippen LogP contribution is 2.24. The van der Waals surface area contributed by atoms with Gasteiger partial charge in [-0.3, -0.25) is 0 Å². The third kappa shape index (κ3) is 3.18. The van der Waals surface area contributed by atoms with Crippen molar-refractivity contribution in [2.45, 2.75) is 64.7 Å². The highest BCUT2D eigenvalue weighted by molar-refractivity contribution is 6.52. The predicted octanol–water partition coefficient (Wildman–Crippen LogP) is 3.37. The molecule has 1 aliphatic rings. The third-order valence-electron chi connectivity index (χ3n) is 2.89. The molecule has 0 N–H and O–H groups in total. The van der Waals surface area contributed by atoms with E-state index in [0.717, 1.165) is 6.42 Å². The first-order valence-electron chi connectivity index (χ1n) is 5.32. The molecule has 1 aliphatic heterocycles. The Bertz CT molecular complexity index is 128. The Balaban J connectivity index is 2.28. The fraction of sp³-hybridized carbons (Fsp3) is 1.00. The highest BCUT2D eigenvalue weighted by Gasteiger charge is 2.26. The molecule has 1 heterocycles. The van der Waals surface area contributed by atoms with Crippen molar-refractivity contribution >= 4 is 6.92 Å². The van der Waals surface area contributed by atoms with Gasteiger partial charge in [-0.1, -0.05) is 26.2 Å². The van der Waals surface area contributed by atoms with Gasteiger partial charge >= 0.3 is 0 Å². The summed E-state index contributed by atoms with van der Waals surface area (Å²) in [7, 11) is 0. The van der Waals surface area contributed by atoms with Crippen LogP contribution in [-0.2, 0) is 4.65 Å². The molecule has 1 nitrogen and oxygen atoms in total. The van der Waals surface area contributed by atoms with E-state index in [1.54, 1.807) is 0 Å². The lowest BCUT2D eigenvalue weighted by atomic mass is 9.55. The molecular weight excluding hydrogens is 147 g/mol. The van der Waals surface area contributed by atoms with Crippen LogP contribution in [-0.4, -0.2) is 12.5 Å². The molecule has 1 rings (SSSR count). The summed E-state index contributed by atoms with van der Waals surface area (Å²) < 4.78 is 6.03. The van der Waals surface area contributed by atoms with Crippen LogP contribution >= 0.6 is 0 Å². The molecule has 2 heteroatoms. The van der Waals surface area contributed by atoms with Crippen LogP contribution < -0.4 is 0 Å². The molecule has 0 aliphatic carbocycles. The molecule has 0 aromatic rings. The maximum atomic E-state index is 6.03. The van der Waals surface area contributed by atoms with Crippen LogP contribution in [0.1, 0.15) is 46.5 Å². The zero-order chi connectivity index (χ0) is 9.03. The summed E-state index contributed by atoms with van der Waals surface area (Å²) in [5.41, 5.74) is 0.0992. The van der Waals surface area contributed by atoms with Crippen molar-refractivity contribution in [3.8, 4) is 0 Å². The molecule has 0 spiro atoms. The molecule has 1 saturated heterocycles. The zero-order valence-electron chi connectivity index (χ0n) is 8.73. The van der Waals surface area contributed by atoms with Crippen LogP contribution in [0.25, 0.3) is 0 Å². The monoisotopic (exact) mass is 168 g/mol. The Morgan fingerprint density at radius 1 is 1.17 bits per heavy atom. The van der Waals surface area contributed by atoms with Crippen molar-refractivity contribution < 1.29 is 4.65 Å². The van der Waals surface area contributed by atoms with Gasteiger partial charge in [-0.05, 0) is 32.9 Å². The van der Waals surface area contributed by atoms with E-state index in [0.29, 0.717) is 6.92 Å². The number of hydrogen-bond donors (Lipinski definition) is 0. The van der Waals surface area contributed by atoms with Gasteiger partial charge in [0.25, 0.3) is 6.92 Å². The molecule has 0 amide bonds. The third-order valence-corrected chi connectivity index (χ3v) is 2.89. The van der Waals surface area contributed by atoms with Gasteiger partial charge in [0.15, 0.2) is 0 Å². The summed E-state index contributed by atoms with van der Waals surface area (Å²) in [4.78, 5) is 0. The second kappa shape index (κ2) is 4.31. The van der Waals surface area contributed by atoms with E-state index in [2.05, 4.69) is 20.8 Å². The maximum absolute atomic E-state index is 6.03. The minimum Gasteiger partial charge on any atom is -0.431 e. The molecule has 0 radical (unpaired) electrons. The SMILES string of the molecule is CCC(C)(C)OB1CCCCC1.